The standard InChI is InChI=1S/C26H34N2O/c29-17-5-4-8-23-13-16-28(19-21-6-2-1-3-7-21)20-26(23)25-10-9-22-11-14-27-15-12-24(22)18-25/h1-3,6-7,9-10,17-18,23,26-27H,4-5,8,11-16,19-20H2. The van der Waals surface area contributed by atoms with Gasteiger partial charge in [0.2, 0.25) is 0 Å². The number of likely N-dealkylation sites (tertiary alicyclic amines) is 1. The van der Waals surface area contributed by atoms with Crippen LogP contribution in [0.4, 0.5) is 0 Å². The molecule has 154 valence electrons. The van der Waals surface area contributed by atoms with Crippen LogP contribution in [0.15, 0.2) is 48.5 Å². The van der Waals surface area contributed by atoms with E-state index in [0.29, 0.717) is 18.3 Å². The highest BCUT2D eigenvalue weighted by Gasteiger charge is 2.30. The Kier molecular flexibility index (Phi) is 7.13. The number of unbranched alkanes of at least 4 members (excludes halogenated alkanes) is 1. The molecule has 0 saturated carbocycles. The van der Waals surface area contributed by atoms with Crippen LogP contribution in [0.5, 0.6) is 0 Å². The topological polar surface area (TPSA) is 32.3 Å². The number of benzene rings is 2. The van der Waals surface area contributed by atoms with Gasteiger partial charge in [-0.15, -0.1) is 0 Å². The molecule has 1 N–H and O–H groups in total. The van der Waals surface area contributed by atoms with E-state index in [-0.39, 0.29) is 0 Å². The second-order valence-corrected chi connectivity index (χ2v) is 8.75. The quantitative estimate of drug-likeness (QED) is 0.563. The first-order valence-electron chi connectivity index (χ1n) is 11.4. The zero-order valence-electron chi connectivity index (χ0n) is 17.5. The molecule has 0 radical (unpaired) electrons. The van der Waals surface area contributed by atoms with Gasteiger partial charge in [0.1, 0.15) is 6.29 Å². The van der Waals surface area contributed by atoms with Crippen molar-refractivity contribution in [2.24, 2.45) is 5.92 Å². The molecular formula is C26H34N2O. The zero-order valence-corrected chi connectivity index (χ0v) is 17.5. The summed E-state index contributed by atoms with van der Waals surface area (Å²) in [6.07, 6.45) is 7.48. The van der Waals surface area contributed by atoms with E-state index in [1.165, 1.54) is 29.5 Å². The van der Waals surface area contributed by atoms with Crippen LogP contribution in [-0.2, 0) is 24.2 Å². The van der Waals surface area contributed by atoms with E-state index in [1.54, 1.807) is 5.56 Å². The lowest BCUT2D eigenvalue weighted by Gasteiger charge is -2.39. The fourth-order valence-corrected chi connectivity index (χ4v) is 5.16. The minimum atomic E-state index is 0.570. The van der Waals surface area contributed by atoms with E-state index in [2.05, 4.69) is 58.7 Å². The van der Waals surface area contributed by atoms with Gasteiger partial charge >= 0.3 is 0 Å². The van der Waals surface area contributed by atoms with E-state index in [1.807, 2.05) is 0 Å². The van der Waals surface area contributed by atoms with E-state index < -0.39 is 0 Å². The van der Waals surface area contributed by atoms with Gasteiger partial charge in [-0.05, 0) is 85.8 Å². The summed E-state index contributed by atoms with van der Waals surface area (Å²) in [6.45, 7) is 5.50. The number of fused-ring (bicyclic) bond motifs is 1. The summed E-state index contributed by atoms with van der Waals surface area (Å²) in [4.78, 5) is 13.5. The molecule has 2 aliphatic rings. The fraction of sp³-hybridized carbons (Fsp3) is 0.500. The van der Waals surface area contributed by atoms with Crippen molar-refractivity contribution in [3.05, 3.63) is 70.8 Å². The molecule has 4 rings (SSSR count). The highest BCUT2D eigenvalue weighted by atomic mass is 16.1. The number of rotatable bonds is 7. The third-order valence-electron chi connectivity index (χ3n) is 6.79. The van der Waals surface area contributed by atoms with Crippen LogP contribution < -0.4 is 5.32 Å². The van der Waals surface area contributed by atoms with Crippen molar-refractivity contribution in [2.75, 3.05) is 26.2 Å². The second kappa shape index (κ2) is 10.2. The van der Waals surface area contributed by atoms with Crippen molar-refractivity contribution in [2.45, 2.75) is 51.0 Å². The normalized spacial score (nSPS) is 22.6. The van der Waals surface area contributed by atoms with Crippen LogP contribution in [-0.4, -0.2) is 37.4 Å². The van der Waals surface area contributed by atoms with Crippen LogP contribution in [0.2, 0.25) is 0 Å². The van der Waals surface area contributed by atoms with Crippen molar-refractivity contribution < 1.29 is 4.79 Å². The molecule has 2 aromatic carbocycles. The SMILES string of the molecule is O=CCCCC1CCN(Cc2ccccc2)CC1c1ccc2c(c1)CCNCC2. The van der Waals surface area contributed by atoms with Gasteiger partial charge in [-0.1, -0.05) is 48.5 Å². The number of nitrogens with one attached hydrogen (secondary N) is 1. The smallest absolute Gasteiger partial charge is 0.119 e. The van der Waals surface area contributed by atoms with Crippen LogP contribution in [0.3, 0.4) is 0 Å². The molecule has 0 amide bonds. The highest BCUT2D eigenvalue weighted by molar-refractivity contribution is 5.49. The van der Waals surface area contributed by atoms with Crippen molar-refractivity contribution in [3.63, 3.8) is 0 Å². The van der Waals surface area contributed by atoms with Crippen LogP contribution in [0, 0.1) is 5.92 Å². The molecule has 3 nitrogen and oxygen atoms in total. The molecule has 0 aliphatic carbocycles. The Balaban J connectivity index is 1.53. The number of piperidine rings is 1. The third kappa shape index (κ3) is 5.34. The Morgan fingerprint density at radius 2 is 1.86 bits per heavy atom. The molecule has 2 aliphatic heterocycles. The van der Waals surface area contributed by atoms with Gasteiger partial charge in [0, 0.05) is 19.5 Å². The van der Waals surface area contributed by atoms with Gasteiger partial charge in [0.15, 0.2) is 0 Å². The van der Waals surface area contributed by atoms with Gasteiger partial charge < -0.3 is 10.1 Å². The van der Waals surface area contributed by atoms with Gasteiger partial charge in [0.25, 0.3) is 0 Å². The molecule has 0 aromatic heterocycles. The summed E-state index contributed by atoms with van der Waals surface area (Å²) >= 11 is 0. The largest absolute Gasteiger partial charge is 0.316 e. The van der Waals surface area contributed by atoms with Crippen LogP contribution >= 0.6 is 0 Å². The molecule has 2 atom stereocenters. The lowest BCUT2D eigenvalue weighted by Crippen LogP contribution is -2.39. The van der Waals surface area contributed by atoms with Gasteiger partial charge in [0.05, 0.1) is 0 Å². The predicted octanol–water partition coefficient (Wildman–Crippen LogP) is 4.35. The molecule has 0 bridgehead atoms. The Hall–Kier alpha value is -1.97. The summed E-state index contributed by atoms with van der Waals surface area (Å²) in [5.74, 6) is 1.25. The summed E-state index contributed by atoms with van der Waals surface area (Å²) < 4.78 is 0. The van der Waals surface area contributed by atoms with E-state index >= 15 is 0 Å². The predicted molar refractivity (Wildman–Crippen MR) is 119 cm³/mol. The second-order valence-electron chi connectivity index (χ2n) is 8.75. The Morgan fingerprint density at radius 1 is 1.03 bits per heavy atom. The Labute approximate surface area is 175 Å². The molecule has 29 heavy (non-hydrogen) atoms. The molecule has 3 heteroatoms. The average molecular weight is 391 g/mol. The molecule has 2 unspecified atom stereocenters. The maximum Gasteiger partial charge on any atom is 0.119 e. The lowest BCUT2D eigenvalue weighted by atomic mass is 9.77. The lowest BCUT2D eigenvalue weighted by molar-refractivity contribution is -0.108. The number of carbonyl (C=O) groups excluding carboxylic acids is 1. The van der Waals surface area contributed by atoms with Crippen molar-refractivity contribution in [1.82, 2.24) is 10.2 Å². The van der Waals surface area contributed by atoms with Crippen molar-refractivity contribution >= 4 is 6.29 Å². The summed E-state index contributed by atoms with van der Waals surface area (Å²) in [7, 11) is 0. The molecule has 2 aromatic rings. The summed E-state index contributed by atoms with van der Waals surface area (Å²) in [6, 6.07) is 18.1. The van der Waals surface area contributed by atoms with E-state index in [4.69, 9.17) is 0 Å². The van der Waals surface area contributed by atoms with E-state index in [9.17, 15) is 4.79 Å². The highest BCUT2D eigenvalue weighted by Crippen LogP contribution is 2.37. The van der Waals surface area contributed by atoms with Crippen molar-refractivity contribution in [1.29, 1.82) is 0 Å². The van der Waals surface area contributed by atoms with Crippen LogP contribution in [0.1, 0.15) is 53.9 Å². The van der Waals surface area contributed by atoms with Crippen LogP contribution in [0.25, 0.3) is 0 Å². The Morgan fingerprint density at radius 3 is 2.69 bits per heavy atom. The maximum atomic E-state index is 10.8. The Bertz CT molecular complexity index is 789. The molecule has 1 fully saturated rings. The number of hydrogen-bond acceptors (Lipinski definition) is 3. The molecule has 1 saturated heterocycles. The first kappa shape index (κ1) is 20.3. The average Bonchev–Trinajstić information content (AvgIpc) is 3.00. The first-order valence-corrected chi connectivity index (χ1v) is 11.4. The molecule has 2 heterocycles. The summed E-state index contributed by atoms with van der Waals surface area (Å²) in [5, 5.41) is 3.53. The third-order valence-corrected chi connectivity index (χ3v) is 6.79. The van der Waals surface area contributed by atoms with Gasteiger partial charge in [-0.25, -0.2) is 0 Å². The fourth-order valence-electron chi connectivity index (χ4n) is 5.16. The monoisotopic (exact) mass is 390 g/mol. The molecular weight excluding hydrogens is 356 g/mol. The van der Waals surface area contributed by atoms with E-state index in [0.717, 1.165) is 58.3 Å². The minimum absolute atomic E-state index is 0.570. The van der Waals surface area contributed by atoms with Gasteiger partial charge in [-0.2, -0.15) is 0 Å². The number of hydrogen-bond donors (Lipinski definition) is 1. The number of carbonyl (C=O) groups is 1. The number of nitrogens with zero attached hydrogens (tertiary/aromatic N) is 1. The first-order chi connectivity index (χ1) is 14.3. The van der Waals surface area contributed by atoms with Gasteiger partial charge in [-0.3, -0.25) is 4.90 Å². The van der Waals surface area contributed by atoms with Crippen molar-refractivity contribution in [3.8, 4) is 0 Å². The maximum absolute atomic E-state index is 10.8. The summed E-state index contributed by atoms with van der Waals surface area (Å²) in [5.41, 5.74) is 5.98. The minimum Gasteiger partial charge on any atom is -0.316 e. The number of aldehydes is 1. The molecule has 0 spiro atoms. The zero-order chi connectivity index (χ0) is 19.9.